The van der Waals surface area contributed by atoms with Gasteiger partial charge >= 0.3 is 0 Å². The first-order chi connectivity index (χ1) is 12.2. The lowest BCUT2D eigenvalue weighted by Gasteiger charge is -2.16. The molecule has 0 heterocycles. The zero-order valence-corrected chi connectivity index (χ0v) is 16.5. The lowest BCUT2D eigenvalue weighted by Crippen LogP contribution is -2.44. The maximum Gasteiger partial charge on any atom is 0.244 e. The van der Waals surface area contributed by atoms with E-state index in [1.165, 1.54) is 26.2 Å². The molecule has 0 aliphatic rings. The Hall–Kier alpha value is -1.97. The molecule has 0 radical (unpaired) electrons. The number of halogens is 2. The molecule has 26 heavy (non-hydrogen) atoms. The van der Waals surface area contributed by atoms with Crippen molar-refractivity contribution in [3.8, 4) is 5.75 Å². The minimum Gasteiger partial charge on any atom is -0.496 e. The van der Waals surface area contributed by atoms with E-state index in [9.17, 15) is 17.6 Å². The number of amides is 1. The van der Waals surface area contributed by atoms with Crippen molar-refractivity contribution in [2.75, 3.05) is 7.11 Å². The molecule has 0 aliphatic carbocycles. The maximum atomic E-state index is 13.7. The van der Waals surface area contributed by atoms with Gasteiger partial charge in [0.1, 0.15) is 16.5 Å². The molecule has 0 aliphatic heterocycles. The number of carbonyl (C=O) groups excluding carboxylic acids is 1. The molecule has 0 unspecified atom stereocenters. The fourth-order valence-electron chi connectivity index (χ4n) is 2.23. The highest BCUT2D eigenvalue weighted by Crippen LogP contribution is 2.22. The van der Waals surface area contributed by atoms with Crippen molar-refractivity contribution in [1.29, 1.82) is 0 Å². The lowest BCUT2D eigenvalue weighted by molar-refractivity contribution is -0.122. The second-order valence-corrected chi connectivity index (χ2v) is 8.05. The Labute approximate surface area is 159 Å². The Kier molecular flexibility index (Phi) is 6.74. The zero-order valence-electron chi connectivity index (χ0n) is 14.1. The van der Waals surface area contributed by atoms with Gasteiger partial charge in [-0.1, -0.05) is 28.1 Å². The number of nitrogens with one attached hydrogen (secondary N) is 2. The van der Waals surface area contributed by atoms with Crippen LogP contribution < -0.4 is 14.8 Å². The predicted molar refractivity (Wildman–Crippen MR) is 98.7 cm³/mol. The molecule has 0 fully saturated rings. The predicted octanol–water partition coefficient (Wildman–Crippen LogP) is 2.58. The number of benzene rings is 2. The zero-order chi connectivity index (χ0) is 19.3. The van der Waals surface area contributed by atoms with Gasteiger partial charge in [-0.3, -0.25) is 4.79 Å². The van der Waals surface area contributed by atoms with Gasteiger partial charge in [0.25, 0.3) is 0 Å². The Morgan fingerprint density at radius 1 is 1.27 bits per heavy atom. The normalized spacial score (nSPS) is 12.5. The van der Waals surface area contributed by atoms with E-state index < -0.39 is 32.7 Å². The highest BCUT2D eigenvalue weighted by atomic mass is 79.9. The van der Waals surface area contributed by atoms with Crippen LogP contribution in [0.25, 0.3) is 0 Å². The average Bonchev–Trinajstić information content (AvgIpc) is 2.59. The number of ether oxygens (including phenoxy) is 1. The highest BCUT2D eigenvalue weighted by Gasteiger charge is 2.24. The van der Waals surface area contributed by atoms with Crippen molar-refractivity contribution >= 4 is 31.9 Å². The van der Waals surface area contributed by atoms with Crippen LogP contribution in [0.4, 0.5) is 4.39 Å². The van der Waals surface area contributed by atoms with Crippen molar-refractivity contribution in [2.24, 2.45) is 0 Å². The van der Waals surface area contributed by atoms with Crippen LogP contribution in [0.3, 0.4) is 0 Å². The summed E-state index contributed by atoms with van der Waals surface area (Å²) in [7, 11) is -2.64. The smallest absolute Gasteiger partial charge is 0.244 e. The molecule has 2 N–H and O–H groups in total. The van der Waals surface area contributed by atoms with E-state index in [4.69, 9.17) is 4.74 Å². The highest BCUT2D eigenvalue weighted by molar-refractivity contribution is 9.10. The lowest BCUT2D eigenvalue weighted by atomic mass is 10.2. The van der Waals surface area contributed by atoms with Gasteiger partial charge in [-0.25, -0.2) is 12.8 Å². The van der Waals surface area contributed by atoms with E-state index in [-0.39, 0.29) is 6.54 Å². The quantitative estimate of drug-likeness (QED) is 0.687. The van der Waals surface area contributed by atoms with Gasteiger partial charge in [-0.05, 0) is 37.3 Å². The van der Waals surface area contributed by atoms with Crippen LogP contribution in [0.5, 0.6) is 5.75 Å². The SMILES string of the molecule is COc1ccc(Br)cc1CNC(=O)[C@H](C)NS(=O)(=O)c1ccccc1F. The van der Waals surface area contributed by atoms with Gasteiger partial charge in [0, 0.05) is 16.6 Å². The Morgan fingerprint density at radius 2 is 1.96 bits per heavy atom. The van der Waals surface area contributed by atoms with Crippen molar-refractivity contribution < 1.29 is 22.3 Å². The Bertz CT molecular complexity index is 905. The Balaban J connectivity index is 2.04. The first kappa shape index (κ1) is 20.3. The standard InChI is InChI=1S/C17H18BrFN2O4S/c1-11(21-26(23,24)16-6-4-3-5-14(16)19)17(22)20-10-12-9-13(18)7-8-15(12)25-2/h3-9,11,21H,10H2,1-2H3,(H,20,22)/t11-/m0/s1. The first-order valence-corrected chi connectivity index (χ1v) is 9.89. The summed E-state index contributed by atoms with van der Waals surface area (Å²) >= 11 is 3.34. The molecule has 0 saturated heterocycles. The van der Waals surface area contributed by atoms with Crippen molar-refractivity contribution in [2.45, 2.75) is 24.4 Å². The Morgan fingerprint density at radius 3 is 2.62 bits per heavy atom. The second kappa shape index (κ2) is 8.61. The summed E-state index contributed by atoms with van der Waals surface area (Å²) in [4.78, 5) is 11.7. The molecule has 2 aromatic carbocycles. The monoisotopic (exact) mass is 444 g/mol. The molecule has 1 atom stereocenters. The van der Waals surface area contributed by atoms with Crippen LogP contribution >= 0.6 is 15.9 Å². The minimum absolute atomic E-state index is 0.146. The molecule has 0 saturated carbocycles. The minimum atomic E-state index is -4.16. The van der Waals surface area contributed by atoms with Crippen LogP contribution in [0, 0.1) is 5.82 Å². The average molecular weight is 445 g/mol. The molecule has 0 aromatic heterocycles. The molecular weight excluding hydrogens is 427 g/mol. The molecule has 2 aromatic rings. The summed E-state index contributed by atoms with van der Waals surface area (Å²) in [6.07, 6.45) is 0. The third-order valence-corrected chi connectivity index (χ3v) is 5.61. The second-order valence-electron chi connectivity index (χ2n) is 5.45. The van der Waals surface area contributed by atoms with E-state index in [1.54, 1.807) is 18.2 Å². The third-order valence-electron chi connectivity index (χ3n) is 3.55. The van der Waals surface area contributed by atoms with Crippen LogP contribution in [-0.2, 0) is 21.4 Å². The van der Waals surface area contributed by atoms with Crippen molar-refractivity contribution in [3.05, 3.63) is 58.3 Å². The molecule has 0 bridgehead atoms. The van der Waals surface area contributed by atoms with Gasteiger partial charge < -0.3 is 10.1 Å². The molecule has 6 nitrogen and oxygen atoms in total. The largest absolute Gasteiger partial charge is 0.496 e. The van der Waals surface area contributed by atoms with E-state index in [0.717, 1.165) is 22.2 Å². The number of hydrogen-bond acceptors (Lipinski definition) is 4. The van der Waals surface area contributed by atoms with E-state index in [0.29, 0.717) is 5.75 Å². The number of sulfonamides is 1. The maximum absolute atomic E-state index is 13.7. The molecule has 9 heteroatoms. The summed E-state index contributed by atoms with van der Waals surface area (Å²) in [5.74, 6) is -0.841. The topological polar surface area (TPSA) is 84.5 Å². The van der Waals surface area contributed by atoms with Crippen molar-refractivity contribution in [1.82, 2.24) is 10.0 Å². The molecule has 1 amide bonds. The molecule has 2 rings (SSSR count). The van der Waals surface area contributed by atoms with Gasteiger partial charge in [0.2, 0.25) is 15.9 Å². The first-order valence-electron chi connectivity index (χ1n) is 7.61. The van der Waals surface area contributed by atoms with Gasteiger partial charge in [-0.15, -0.1) is 0 Å². The van der Waals surface area contributed by atoms with E-state index >= 15 is 0 Å². The molecule has 0 spiro atoms. The van der Waals surface area contributed by atoms with Gasteiger partial charge in [0.15, 0.2) is 0 Å². The summed E-state index contributed by atoms with van der Waals surface area (Å²) in [5, 5.41) is 2.63. The van der Waals surface area contributed by atoms with Crippen molar-refractivity contribution in [3.63, 3.8) is 0 Å². The summed E-state index contributed by atoms with van der Waals surface area (Å²) in [6, 6.07) is 9.21. The molecule has 140 valence electrons. The van der Waals surface area contributed by atoms with Crippen LogP contribution in [-0.4, -0.2) is 27.5 Å². The molecular formula is C17H18BrFN2O4S. The summed E-state index contributed by atoms with van der Waals surface area (Å²) < 4.78 is 46.4. The van der Waals surface area contributed by atoms with E-state index in [1.807, 2.05) is 0 Å². The fraction of sp³-hybridized carbons (Fsp3) is 0.235. The number of carbonyl (C=O) groups is 1. The number of hydrogen-bond donors (Lipinski definition) is 2. The number of rotatable bonds is 7. The third kappa shape index (κ3) is 5.03. The number of methoxy groups -OCH3 is 1. The van der Waals surface area contributed by atoms with E-state index in [2.05, 4.69) is 26.0 Å². The van der Waals surface area contributed by atoms with Crippen LogP contribution in [0.1, 0.15) is 12.5 Å². The van der Waals surface area contributed by atoms with Crippen LogP contribution in [0.15, 0.2) is 51.8 Å². The van der Waals surface area contributed by atoms with Gasteiger partial charge in [-0.2, -0.15) is 4.72 Å². The van der Waals surface area contributed by atoms with Gasteiger partial charge in [0.05, 0.1) is 13.2 Å². The summed E-state index contributed by atoms with van der Waals surface area (Å²) in [5.41, 5.74) is 0.722. The summed E-state index contributed by atoms with van der Waals surface area (Å²) in [6.45, 7) is 1.53. The van der Waals surface area contributed by atoms with Crippen LogP contribution in [0.2, 0.25) is 0 Å². The fourth-order valence-corrected chi connectivity index (χ4v) is 3.92.